The van der Waals surface area contributed by atoms with E-state index in [1.54, 1.807) is 11.8 Å². The van der Waals surface area contributed by atoms with Gasteiger partial charge in [0.1, 0.15) is 6.61 Å². The first-order valence-corrected chi connectivity index (χ1v) is 12.7. The van der Waals surface area contributed by atoms with E-state index < -0.39 is 6.09 Å². The largest absolute Gasteiger partial charge is 0.449 e. The Balaban J connectivity index is 1.23. The third kappa shape index (κ3) is 4.97. The van der Waals surface area contributed by atoms with Gasteiger partial charge in [-0.15, -0.1) is 11.8 Å². The van der Waals surface area contributed by atoms with Crippen LogP contribution in [-0.2, 0) is 9.53 Å². The maximum atomic E-state index is 12.8. The number of carbonyl (C=O) groups is 2. The SMILES string of the molecule is O=C(N[C@@H](CSc1ccccc1)CC(=O)N1CCC1)OCC1c2ccccc2-c2ccccc21. The van der Waals surface area contributed by atoms with Gasteiger partial charge in [-0.25, -0.2) is 4.79 Å². The fourth-order valence-electron chi connectivity index (χ4n) is 4.58. The van der Waals surface area contributed by atoms with Crippen molar-refractivity contribution in [2.45, 2.75) is 29.7 Å². The van der Waals surface area contributed by atoms with Crippen LogP contribution in [0.2, 0.25) is 0 Å². The summed E-state index contributed by atoms with van der Waals surface area (Å²) in [6.07, 6.45) is 0.857. The van der Waals surface area contributed by atoms with Gasteiger partial charge in [-0.05, 0) is 40.8 Å². The van der Waals surface area contributed by atoms with E-state index in [9.17, 15) is 9.59 Å². The van der Waals surface area contributed by atoms with Crippen molar-refractivity contribution in [2.75, 3.05) is 25.4 Å². The molecule has 2 amide bonds. The van der Waals surface area contributed by atoms with Gasteiger partial charge in [-0.3, -0.25) is 4.79 Å². The first-order chi connectivity index (χ1) is 16.7. The van der Waals surface area contributed by atoms with Crippen LogP contribution in [0.4, 0.5) is 4.79 Å². The van der Waals surface area contributed by atoms with E-state index in [1.165, 1.54) is 22.3 Å². The molecule has 0 unspecified atom stereocenters. The smallest absolute Gasteiger partial charge is 0.407 e. The Kier molecular flexibility index (Phi) is 6.86. The predicted molar refractivity (Wildman–Crippen MR) is 135 cm³/mol. The van der Waals surface area contributed by atoms with E-state index in [2.05, 4.69) is 29.6 Å². The topological polar surface area (TPSA) is 58.6 Å². The molecular formula is C28H28N2O3S. The lowest BCUT2D eigenvalue weighted by Crippen LogP contribution is -2.46. The van der Waals surface area contributed by atoms with Gasteiger partial charge < -0.3 is 15.0 Å². The van der Waals surface area contributed by atoms with E-state index in [0.29, 0.717) is 5.75 Å². The van der Waals surface area contributed by atoms with Crippen LogP contribution in [-0.4, -0.2) is 48.4 Å². The van der Waals surface area contributed by atoms with Gasteiger partial charge in [0.15, 0.2) is 0 Å². The number of hydrogen-bond acceptors (Lipinski definition) is 4. The lowest BCUT2D eigenvalue weighted by Gasteiger charge is -2.32. The predicted octanol–water partition coefficient (Wildman–Crippen LogP) is 5.31. The molecule has 1 saturated heterocycles. The van der Waals surface area contributed by atoms with Gasteiger partial charge in [-0.2, -0.15) is 0 Å². The van der Waals surface area contributed by atoms with Crippen LogP contribution in [0.3, 0.4) is 0 Å². The molecule has 0 aromatic heterocycles. The molecule has 0 bridgehead atoms. The van der Waals surface area contributed by atoms with E-state index in [0.717, 1.165) is 24.4 Å². The summed E-state index contributed by atoms with van der Waals surface area (Å²) >= 11 is 1.63. The van der Waals surface area contributed by atoms with Crippen LogP contribution >= 0.6 is 11.8 Å². The van der Waals surface area contributed by atoms with Crippen LogP contribution in [0.15, 0.2) is 83.8 Å². The van der Waals surface area contributed by atoms with E-state index >= 15 is 0 Å². The van der Waals surface area contributed by atoms with E-state index in [4.69, 9.17) is 4.74 Å². The monoisotopic (exact) mass is 472 g/mol. The van der Waals surface area contributed by atoms with Gasteiger partial charge >= 0.3 is 6.09 Å². The molecule has 1 atom stereocenters. The van der Waals surface area contributed by atoms with Gasteiger partial charge in [0.05, 0.1) is 6.04 Å². The molecular weight excluding hydrogens is 444 g/mol. The molecule has 1 fully saturated rings. The number of amides is 2. The van der Waals surface area contributed by atoms with E-state index in [1.807, 2.05) is 59.5 Å². The molecule has 174 valence electrons. The maximum absolute atomic E-state index is 12.8. The zero-order valence-electron chi connectivity index (χ0n) is 19.0. The highest BCUT2D eigenvalue weighted by Gasteiger charge is 2.30. The van der Waals surface area contributed by atoms with Crippen LogP contribution in [0, 0.1) is 0 Å². The van der Waals surface area contributed by atoms with Gasteiger partial charge in [0, 0.05) is 36.1 Å². The van der Waals surface area contributed by atoms with Gasteiger partial charge in [0.25, 0.3) is 0 Å². The first kappa shape index (κ1) is 22.5. The van der Waals surface area contributed by atoms with Crippen molar-refractivity contribution in [1.29, 1.82) is 0 Å². The second kappa shape index (κ2) is 10.3. The molecule has 2 aliphatic rings. The second-order valence-corrected chi connectivity index (χ2v) is 9.82. The molecule has 1 aliphatic heterocycles. The van der Waals surface area contributed by atoms with Gasteiger partial charge in [0.2, 0.25) is 5.91 Å². The Morgan fingerprint density at radius 1 is 0.912 bits per heavy atom. The maximum Gasteiger partial charge on any atom is 0.407 e. The zero-order valence-corrected chi connectivity index (χ0v) is 19.8. The number of fused-ring (bicyclic) bond motifs is 3. The number of benzene rings is 3. The van der Waals surface area contributed by atoms with Crippen LogP contribution < -0.4 is 5.32 Å². The minimum Gasteiger partial charge on any atom is -0.449 e. The second-order valence-electron chi connectivity index (χ2n) is 8.73. The first-order valence-electron chi connectivity index (χ1n) is 11.8. The third-order valence-electron chi connectivity index (χ3n) is 6.49. The Labute approximate surface area is 204 Å². The highest BCUT2D eigenvalue weighted by Crippen LogP contribution is 2.44. The van der Waals surface area contributed by atoms with Crippen molar-refractivity contribution >= 4 is 23.8 Å². The van der Waals surface area contributed by atoms with Crippen molar-refractivity contribution in [3.05, 3.63) is 90.0 Å². The minimum absolute atomic E-state index is 0.0120. The van der Waals surface area contributed by atoms with Crippen molar-refractivity contribution < 1.29 is 14.3 Å². The summed E-state index contributed by atoms with van der Waals surface area (Å²) < 4.78 is 5.72. The number of thioether (sulfide) groups is 1. The molecule has 3 aromatic carbocycles. The Morgan fingerprint density at radius 3 is 2.15 bits per heavy atom. The summed E-state index contributed by atoms with van der Waals surface area (Å²) in [5.41, 5.74) is 4.76. The highest BCUT2D eigenvalue weighted by atomic mass is 32.2. The molecule has 5 rings (SSSR count). The van der Waals surface area contributed by atoms with Crippen LogP contribution in [0.5, 0.6) is 0 Å². The number of nitrogens with one attached hydrogen (secondary N) is 1. The molecule has 1 N–H and O–H groups in total. The lowest BCUT2D eigenvalue weighted by atomic mass is 9.98. The van der Waals surface area contributed by atoms with Crippen LogP contribution in [0.1, 0.15) is 29.9 Å². The molecule has 0 radical (unpaired) electrons. The van der Waals surface area contributed by atoms with E-state index in [-0.39, 0.29) is 30.9 Å². The molecule has 1 heterocycles. The standard InChI is InChI=1S/C28H28N2O3S/c31-27(30-15-8-16-30)17-20(19-34-21-9-2-1-3-10-21)29-28(32)33-18-26-24-13-6-4-11-22(24)23-12-5-7-14-25(23)26/h1-7,9-14,20,26H,8,15-19H2,(H,29,32)/t20-/m1/s1. The summed E-state index contributed by atoms with van der Waals surface area (Å²) in [5, 5.41) is 2.96. The minimum atomic E-state index is -0.475. The molecule has 34 heavy (non-hydrogen) atoms. The number of carbonyl (C=O) groups excluding carboxylic acids is 2. The number of likely N-dealkylation sites (tertiary alicyclic amines) is 1. The Morgan fingerprint density at radius 2 is 1.53 bits per heavy atom. The van der Waals surface area contributed by atoms with Crippen molar-refractivity contribution in [2.24, 2.45) is 0 Å². The summed E-state index contributed by atoms with van der Waals surface area (Å²) in [4.78, 5) is 28.4. The van der Waals surface area contributed by atoms with Crippen molar-refractivity contribution in [3.63, 3.8) is 0 Å². The normalized spacial score (nSPS) is 15.1. The molecule has 6 heteroatoms. The van der Waals surface area contributed by atoms with Gasteiger partial charge in [-0.1, -0.05) is 66.7 Å². The third-order valence-corrected chi connectivity index (χ3v) is 7.66. The van der Waals surface area contributed by atoms with Crippen molar-refractivity contribution in [3.8, 4) is 11.1 Å². The quantitative estimate of drug-likeness (QED) is 0.452. The van der Waals surface area contributed by atoms with Crippen LogP contribution in [0.25, 0.3) is 11.1 Å². The fourth-order valence-corrected chi connectivity index (χ4v) is 5.52. The summed E-state index contributed by atoms with van der Waals surface area (Å²) in [7, 11) is 0. The molecule has 0 saturated carbocycles. The summed E-state index contributed by atoms with van der Waals surface area (Å²) in [6.45, 7) is 1.88. The molecule has 3 aromatic rings. The fraction of sp³-hybridized carbons (Fsp3) is 0.286. The number of ether oxygens (including phenoxy) is 1. The lowest BCUT2D eigenvalue weighted by molar-refractivity contribution is -0.134. The summed E-state index contributed by atoms with van der Waals surface area (Å²) in [5.74, 6) is 0.704. The average Bonchev–Trinajstić information content (AvgIpc) is 3.14. The Hall–Kier alpha value is -3.25. The number of nitrogens with zero attached hydrogens (tertiary/aromatic N) is 1. The molecule has 5 nitrogen and oxygen atoms in total. The zero-order chi connectivity index (χ0) is 23.3. The molecule has 1 aliphatic carbocycles. The van der Waals surface area contributed by atoms with Crippen molar-refractivity contribution in [1.82, 2.24) is 10.2 Å². The highest BCUT2D eigenvalue weighted by molar-refractivity contribution is 7.99. The Bertz CT molecular complexity index is 1120. The number of hydrogen-bond donors (Lipinski definition) is 1. The number of rotatable bonds is 8. The number of alkyl carbamates (subject to hydrolysis) is 1. The summed E-state index contributed by atoms with van der Waals surface area (Å²) in [6, 6.07) is 26.3. The average molecular weight is 473 g/mol. The molecule has 0 spiro atoms.